The molecule has 0 spiro atoms. The summed E-state index contributed by atoms with van der Waals surface area (Å²) in [6.45, 7) is 3.38. The van der Waals surface area contributed by atoms with Gasteiger partial charge in [0.25, 0.3) is 5.24 Å². The lowest BCUT2D eigenvalue weighted by atomic mass is 9.95. The fourth-order valence-electron chi connectivity index (χ4n) is 3.85. The number of hydrogen-bond acceptors (Lipinski definition) is 4. The van der Waals surface area contributed by atoms with Crippen LogP contribution in [0.2, 0.25) is 0 Å². The Morgan fingerprint density at radius 1 is 1.21 bits per heavy atom. The lowest BCUT2D eigenvalue weighted by molar-refractivity contribution is 0.196. The third-order valence-corrected chi connectivity index (χ3v) is 6.11. The van der Waals surface area contributed by atoms with E-state index in [2.05, 4.69) is 69.7 Å². The van der Waals surface area contributed by atoms with Gasteiger partial charge in [-0.25, -0.2) is 0 Å². The number of benzene rings is 2. The van der Waals surface area contributed by atoms with E-state index in [0.717, 1.165) is 37.4 Å². The lowest BCUT2D eigenvalue weighted by Crippen LogP contribution is -2.33. The average molecular weight is 390 g/mol. The number of nitrogens with one attached hydrogen (secondary N) is 1. The summed E-state index contributed by atoms with van der Waals surface area (Å²) in [6, 6.07) is 15.1. The number of allylic oxidation sites excluding steroid dienone is 1. The Kier molecular flexibility index (Phi) is 5.80. The molecule has 142 valence electrons. The van der Waals surface area contributed by atoms with Crippen molar-refractivity contribution in [3.63, 3.8) is 0 Å². The summed E-state index contributed by atoms with van der Waals surface area (Å²) >= 11 is 1.22. The van der Waals surface area contributed by atoms with E-state index in [-0.39, 0.29) is 11.8 Å². The van der Waals surface area contributed by atoms with Crippen molar-refractivity contribution in [3.8, 4) is 12.3 Å². The molecule has 2 saturated heterocycles. The molecule has 2 aromatic rings. The quantitative estimate of drug-likeness (QED) is 0.787. The third-order valence-electron chi connectivity index (χ3n) is 5.28. The van der Waals surface area contributed by atoms with Gasteiger partial charge in [-0.1, -0.05) is 54.5 Å². The van der Waals surface area contributed by atoms with Crippen LogP contribution >= 0.6 is 11.8 Å². The second kappa shape index (κ2) is 8.64. The van der Waals surface area contributed by atoms with E-state index in [1.807, 2.05) is 0 Å². The van der Waals surface area contributed by atoms with Crippen molar-refractivity contribution < 1.29 is 4.79 Å². The molecule has 1 N–H and O–H groups in total. The molecule has 2 aliphatic heterocycles. The van der Waals surface area contributed by atoms with Gasteiger partial charge < -0.3 is 5.32 Å². The lowest BCUT2D eigenvalue weighted by Gasteiger charge is -2.31. The second-order valence-electron chi connectivity index (χ2n) is 7.17. The van der Waals surface area contributed by atoms with Crippen LogP contribution in [-0.4, -0.2) is 35.6 Å². The van der Waals surface area contributed by atoms with E-state index < -0.39 is 0 Å². The highest BCUT2D eigenvalue weighted by atomic mass is 32.2. The SMILES string of the molecule is C#CCN=C1NC(=O)SC1=CC1CCN(Cc2cccc3ccccc23)CC1. The molecule has 0 bridgehead atoms. The summed E-state index contributed by atoms with van der Waals surface area (Å²) in [4.78, 5) is 19.4. The Morgan fingerprint density at radius 2 is 2.00 bits per heavy atom. The van der Waals surface area contributed by atoms with Crippen molar-refractivity contribution in [1.82, 2.24) is 10.2 Å². The number of amidine groups is 1. The number of carbonyl (C=O) groups is 1. The number of likely N-dealkylation sites (tertiary alicyclic amines) is 1. The first-order chi connectivity index (χ1) is 13.7. The van der Waals surface area contributed by atoms with Gasteiger partial charge in [0.1, 0.15) is 12.4 Å². The number of piperidine rings is 1. The van der Waals surface area contributed by atoms with Gasteiger partial charge >= 0.3 is 0 Å². The number of rotatable bonds is 4. The molecule has 0 atom stereocenters. The Balaban J connectivity index is 1.39. The molecule has 28 heavy (non-hydrogen) atoms. The minimum atomic E-state index is -0.0737. The van der Waals surface area contributed by atoms with Crippen LogP contribution in [0.1, 0.15) is 18.4 Å². The van der Waals surface area contributed by atoms with Crippen LogP contribution in [0.5, 0.6) is 0 Å². The maximum Gasteiger partial charge on any atom is 0.289 e. The summed E-state index contributed by atoms with van der Waals surface area (Å²) < 4.78 is 0. The van der Waals surface area contributed by atoms with Gasteiger partial charge in [-0.2, -0.15) is 0 Å². The molecule has 2 fully saturated rings. The number of thioether (sulfide) groups is 1. The van der Waals surface area contributed by atoms with Crippen molar-refractivity contribution in [2.75, 3.05) is 19.6 Å². The van der Waals surface area contributed by atoms with Gasteiger partial charge in [0.2, 0.25) is 0 Å². The van der Waals surface area contributed by atoms with Gasteiger partial charge in [0.05, 0.1) is 4.91 Å². The summed E-state index contributed by atoms with van der Waals surface area (Å²) in [5, 5.41) is 5.36. The summed E-state index contributed by atoms with van der Waals surface area (Å²) in [6.07, 6.45) is 9.66. The second-order valence-corrected chi connectivity index (χ2v) is 8.18. The Bertz CT molecular complexity index is 976. The normalized spacial score (nSPS) is 21.3. The first-order valence-corrected chi connectivity index (χ1v) is 10.4. The maximum atomic E-state index is 11.7. The van der Waals surface area contributed by atoms with E-state index >= 15 is 0 Å². The Morgan fingerprint density at radius 3 is 2.82 bits per heavy atom. The molecule has 2 heterocycles. The van der Waals surface area contributed by atoms with E-state index in [0.29, 0.717) is 11.8 Å². The summed E-state index contributed by atoms with van der Waals surface area (Å²) in [5.41, 5.74) is 1.39. The summed E-state index contributed by atoms with van der Waals surface area (Å²) in [5.74, 6) is 3.59. The average Bonchev–Trinajstić information content (AvgIpc) is 3.07. The molecule has 2 aliphatic rings. The minimum Gasteiger partial charge on any atom is -0.300 e. The minimum absolute atomic E-state index is 0.0737. The molecular formula is C23H23N3OS. The van der Waals surface area contributed by atoms with Gasteiger partial charge in [0.15, 0.2) is 0 Å². The van der Waals surface area contributed by atoms with E-state index in [1.165, 1.54) is 28.1 Å². The number of carbonyl (C=O) groups excluding carboxylic acids is 1. The number of aliphatic imine (C=N–C) groups is 1. The van der Waals surface area contributed by atoms with Gasteiger partial charge in [-0.3, -0.25) is 14.7 Å². The molecule has 2 aromatic carbocycles. The molecule has 0 radical (unpaired) electrons. The number of hydrogen-bond donors (Lipinski definition) is 1. The monoisotopic (exact) mass is 389 g/mol. The van der Waals surface area contributed by atoms with Crippen molar-refractivity contribution in [2.45, 2.75) is 19.4 Å². The standard InChI is InChI=1S/C23H23N3OS/c1-2-12-24-22-21(28-23(27)25-22)15-17-10-13-26(14-11-17)16-19-8-5-7-18-6-3-4-9-20(18)19/h1,3-9,15,17H,10-14,16H2,(H,24,25,27). The van der Waals surface area contributed by atoms with Crippen LogP contribution in [0.3, 0.4) is 0 Å². The first kappa shape index (κ1) is 18.8. The predicted octanol–water partition coefficient (Wildman–Crippen LogP) is 4.42. The molecular weight excluding hydrogens is 366 g/mol. The van der Waals surface area contributed by atoms with E-state index in [4.69, 9.17) is 6.42 Å². The third kappa shape index (κ3) is 4.30. The highest BCUT2D eigenvalue weighted by Crippen LogP contribution is 2.30. The molecule has 0 aromatic heterocycles. The predicted molar refractivity (Wildman–Crippen MR) is 117 cm³/mol. The Hall–Kier alpha value is -2.55. The van der Waals surface area contributed by atoms with Crippen molar-refractivity contribution in [3.05, 3.63) is 59.0 Å². The fourth-order valence-corrected chi connectivity index (χ4v) is 4.67. The van der Waals surface area contributed by atoms with Gasteiger partial charge in [-0.05, 0) is 59.9 Å². The highest BCUT2D eigenvalue weighted by molar-refractivity contribution is 8.18. The molecule has 0 unspecified atom stereocenters. The van der Waals surface area contributed by atoms with Crippen LogP contribution in [0, 0.1) is 18.3 Å². The van der Waals surface area contributed by atoms with Crippen LogP contribution in [-0.2, 0) is 6.54 Å². The van der Waals surface area contributed by atoms with Gasteiger partial charge in [0, 0.05) is 6.54 Å². The zero-order valence-corrected chi connectivity index (χ0v) is 16.5. The molecule has 4 nitrogen and oxygen atoms in total. The zero-order chi connectivity index (χ0) is 19.3. The number of fused-ring (bicyclic) bond motifs is 1. The van der Waals surface area contributed by atoms with Crippen molar-refractivity contribution >= 4 is 33.6 Å². The molecule has 5 heteroatoms. The molecule has 4 rings (SSSR count). The van der Waals surface area contributed by atoms with Crippen LogP contribution in [0.25, 0.3) is 10.8 Å². The highest BCUT2D eigenvalue weighted by Gasteiger charge is 2.26. The zero-order valence-electron chi connectivity index (χ0n) is 15.7. The first-order valence-electron chi connectivity index (χ1n) is 9.61. The number of amides is 1. The molecule has 1 amide bonds. The Labute approximate surface area is 170 Å². The largest absolute Gasteiger partial charge is 0.300 e. The van der Waals surface area contributed by atoms with Crippen molar-refractivity contribution in [1.29, 1.82) is 0 Å². The number of terminal acetylenes is 1. The van der Waals surface area contributed by atoms with Crippen molar-refractivity contribution in [2.24, 2.45) is 10.9 Å². The van der Waals surface area contributed by atoms with Crippen LogP contribution < -0.4 is 5.32 Å². The summed E-state index contributed by atoms with van der Waals surface area (Å²) in [7, 11) is 0. The fraction of sp³-hybridized carbons (Fsp3) is 0.304. The van der Waals surface area contributed by atoms with E-state index in [1.54, 1.807) is 0 Å². The maximum absolute atomic E-state index is 11.7. The molecule has 0 aliphatic carbocycles. The van der Waals surface area contributed by atoms with Gasteiger partial charge in [-0.15, -0.1) is 6.42 Å². The van der Waals surface area contributed by atoms with Crippen LogP contribution in [0.4, 0.5) is 4.79 Å². The van der Waals surface area contributed by atoms with E-state index in [9.17, 15) is 4.79 Å². The molecule has 0 saturated carbocycles. The van der Waals surface area contributed by atoms with Crippen LogP contribution in [0.15, 0.2) is 58.4 Å². The number of nitrogens with zero attached hydrogens (tertiary/aromatic N) is 2. The topological polar surface area (TPSA) is 44.7 Å². The smallest absolute Gasteiger partial charge is 0.289 e.